The van der Waals surface area contributed by atoms with Crippen molar-refractivity contribution in [2.75, 3.05) is 33.0 Å². The third-order valence-electron chi connectivity index (χ3n) is 7.61. The van der Waals surface area contributed by atoms with Crippen LogP contribution in [0.4, 0.5) is 0 Å². The van der Waals surface area contributed by atoms with Crippen LogP contribution in [0.1, 0.15) is 74.8 Å². The van der Waals surface area contributed by atoms with Crippen molar-refractivity contribution in [3.05, 3.63) is 48.6 Å². The summed E-state index contributed by atoms with van der Waals surface area (Å²) in [4.78, 5) is 22.7. The summed E-state index contributed by atoms with van der Waals surface area (Å²) < 4.78 is 22.2. The van der Waals surface area contributed by atoms with Crippen LogP contribution >= 0.6 is 0 Å². The highest BCUT2D eigenvalue weighted by atomic mass is 16.6. The summed E-state index contributed by atoms with van der Waals surface area (Å²) in [6.45, 7) is 7.43. The largest absolute Gasteiger partial charge is 0.490 e. The lowest BCUT2D eigenvalue weighted by atomic mass is 9.70. The molecule has 0 saturated heterocycles. The highest BCUT2D eigenvalue weighted by Crippen LogP contribution is 2.46. The smallest absolute Gasteiger partial charge is 0.330 e. The average Bonchev–Trinajstić information content (AvgIpc) is 2.94. The average molecular weight is 515 g/mol. The van der Waals surface area contributed by atoms with Crippen LogP contribution in [-0.2, 0) is 25.5 Å². The summed E-state index contributed by atoms with van der Waals surface area (Å²) in [7, 11) is 0. The molecule has 0 spiro atoms. The van der Waals surface area contributed by atoms with Gasteiger partial charge in [0, 0.05) is 29.9 Å². The van der Waals surface area contributed by atoms with Gasteiger partial charge in [-0.25, -0.2) is 9.59 Å². The van der Waals surface area contributed by atoms with E-state index < -0.39 is 11.9 Å². The van der Waals surface area contributed by atoms with Crippen molar-refractivity contribution in [2.45, 2.75) is 70.1 Å². The highest BCUT2D eigenvalue weighted by molar-refractivity contribution is 5.81. The van der Waals surface area contributed by atoms with Gasteiger partial charge in [0.15, 0.2) is 0 Å². The molecule has 7 heteroatoms. The second-order valence-electron chi connectivity index (χ2n) is 9.92. The minimum absolute atomic E-state index is 0.0377. The zero-order chi connectivity index (χ0) is 26.5. The van der Waals surface area contributed by atoms with E-state index in [0.717, 1.165) is 53.7 Å². The molecule has 1 aromatic rings. The normalized spacial score (nSPS) is 20.0. The Bertz CT molecular complexity index is 895. The number of benzene rings is 1. The quantitative estimate of drug-likeness (QED) is 0.205. The standard InChI is InChI=1S/C30H42O7/c1-3-29(32)36-18-16-34-27-21-26(24-12-10-23(11-13-24)22-8-6-5-7-9-22)28(20-25(27)14-15-31)35-17-19-37-30(33)4-2/h3-4,20-24,31H,1-2,5-19H2. The van der Waals surface area contributed by atoms with Gasteiger partial charge >= 0.3 is 11.9 Å². The molecule has 0 aromatic heterocycles. The fourth-order valence-corrected chi connectivity index (χ4v) is 5.72. The molecule has 2 saturated carbocycles. The number of esters is 2. The number of hydrogen-bond acceptors (Lipinski definition) is 7. The first-order valence-corrected chi connectivity index (χ1v) is 13.7. The Kier molecular flexibility index (Phi) is 12.0. The Hall–Kier alpha value is -2.80. The zero-order valence-electron chi connectivity index (χ0n) is 22.0. The minimum Gasteiger partial charge on any atom is -0.490 e. The fraction of sp³-hybridized carbons (Fsp3) is 0.600. The van der Waals surface area contributed by atoms with E-state index in [1.165, 1.54) is 44.9 Å². The van der Waals surface area contributed by atoms with Gasteiger partial charge in [0.05, 0.1) is 0 Å². The molecule has 2 fully saturated rings. The van der Waals surface area contributed by atoms with Crippen LogP contribution in [0.5, 0.6) is 11.5 Å². The van der Waals surface area contributed by atoms with E-state index in [-0.39, 0.29) is 33.0 Å². The van der Waals surface area contributed by atoms with Crippen molar-refractivity contribution in [1.29, 1.82) is 0 Å². The number of carbonyl (C=O) groups excluding carboxylic acids is 2. The maximum absolute atomic E-state index is 11.4. The van der Waals surface area contributed by atoms with E-state index in [1.807, 2.05) is 12.1 Å². The predicted molar refractivity (Wildman–Crippen MR) is 142 cm³/mol. The summed E-state index contributed by atoms with van der Waals surface area (Å²) in [5.74, 6) is 2.46. The van der Waals surface area contributed by atoms with Crippen LogP contribution in [0.25, 0.3) is 0 Å². The first-order valence-electron chi connectivity index (χ1n) is 13.7. The van der Waals surface area contributed by atoms with Crippen molar-refractivity contribution >= 4 is 11.9 Å². The summed E-state index contributed by atoms with van der Waals surface area (Å²) in [5.41, 5.74) is 1.90. The summed E-state index contributed by atoms with van der Waals surface area (Å²) >= 11 is 0. The van der Waals surface area contributed by atoms with E-state index in [4.69, 9.17) is 18.9 Å². The van der Waals surface area contributed by atoms with Gasteiger partial charge in [-0.15, -0.1) is 0 Å². The Morgan fingerprint density at radius 1 is 0.784 bits per heavy atom. The van der Waals surface area contributed by atoms with Gasteiger partial charge in [0.1, 0.15) is 37.9 Å². The van der Waals surface area contributed by atoms with Gasteiger partial charge in [0.25, 0.3) is 0 Å². The first-order chi connectivity index (χ1) is 18.0. The monoisotopic (exact) mass is 514 g/mol. The maximum atomic E-state index is 11.4. The van der Waals surface area contributed by atoms with Crippen LogP contribution in [0, 0.1) is 11.8 Å². The van der Waals surface area contributed by atoms with E-state index in [1.54, 1.807) is 0 Å². The molecule has 1 N–H and O–H groups in total. The van der Waals surface area contributed by atoms with Crippen LogP contribution in [0.15, 0.2) is 37.4 Å². The molecule has 0 unspecified atom stereocenters. The van der Waals surface area contributed by atoms with Crippen LogP contribution in [-0.4, -0.2) is 50.1 Å². The molecule has 0 amide bonds. The second kappa shape index (κ2) is 15.5. The van der Waals surface area contributed by atoms with Crippen molar-refractivity contribution in [3.8, 4) is 11.5 Å². The molecule has 1 aromatic carbocycles. The molecule has 204 valence electrons. The zero-order valence-corrected chi connectivity index (χ0v) is 22.0. The summed E-state index contributed by atoms with van der Waals surface area (Å²) in [5, 5.41) is 9.64. The highest BCUT2D eigenvalue weighted by Gasteiger charge is 2.31. The summed E-state index contributed by atoms with van der Waals surface area (Å²) in [6, 6.07) is 3.95. The van der Waals surface area contributed by atoms with E-state index >= 15 is 0 Å². The lowest BCUT2D eigenvalue weighted by molar-refractivity contribution is -0.139. The Balaban J connectivity index is 1.74. The molecule has 0 heterocycles. The van der Waals surface area contributed by atoms with E-state index in [9.17, 15) is 14.7 Å². The van der Waals surface area contributed by atoms with E-state index in [0.29, 0.717) is 18.1 Å². The van der Waals surface area contributed by atoms with Crippen molar-refractivity contribution in [1.82, 2.24) is 0 Å². The van der Waals surface area contributed by atoms with Crippen molar-refractivity contribution in [3.63, 3.8) is 0 Å². The van der Waals surface area contributed by atoms with Crippen molar-refractivity contribution < 1.29 is 33.6 Å². The number of rotatable bonds is 14. The minimum atomic E-state index is -0.490. The lowest BCUT2D eigenvalue weighted by Gasteiger charge is -2.36. The second-order valence-corrected chi connectivity index (χ2v) is 9.92. The molecule has 0 aliphatic heterocycles. The maximum Gasteiger partial charge on any atom is 0.330 e. The number of aliphatic hydroxyl groups is 1. The fourth-order valence-electron chi connectivity index (χ4n) is 5.72. The van der Waals surface area contributed by atoms with Crippen molar-refractivity contribution in [2.24, 2.45) is 11.8 Å². The van der Waals surface area contributed by atoms with Gasteiger partial charge in [-0.05, 0) is 62.0 Å². The predicted octanol–water partition coefficient (Wildman–Crippen LogP) is 5.29. The molecule has 7 nitrogen and oxygen atoms in total. The SMILES string of the molecule is C=CC(=O)OCCOc1cc(C2CCC(C3CCCCC3)CC2)c(OCCOC(=O)C=C)cc1CCO. The third kappa shape index (κ3) is 8.92. The third-order valence-corrected chi connectivity index (χ3v) is 7.61. The molecule has 2 aliphatic carbocycles. The molecular formula is C30H42O7. The first kappa shape index (κ1) is 28.8. The van der Waals surface area contributed by atoms with Crippen LogP contribution in [0.2, 0.25) is 0 Å². The number of carbonyl (C=O) groups is 2. The van der Waals surface area contributed by atoms with Gasteiger partial charge in [-0.3, -0.25) is 0 Å². The van der Waals surface area contributed by atoms with Gasteiger partial charge in [0.2, 0.25) is 0 Å². The van der Waals surface area contributed by atoms with Gasteiger partial charge in [-0.2, -0.15) is 0 Å². The number of hydrogen-bond donors (Lipinski definition) is 1. The van der Waals surface area contributed by atoms with Crippen LogP contribution in [0.3, 0.4) is 0 Å². The number of aliphatic hydroxyl groups excluding tert-OH is 1. The molecule has 3 rings (SSSR count). The molecule has 2 aliphatic rings. The molecular weight excluding hydrogens is 472 g/mol. The Morgan fingerprint density at radius 2 is 1.35 bits per heavy atom. The van der Waals surface area contributed by atoms with Gasteiger partial charge < -0.3 is 24.1 Å². The number of ether oxygens (including phenoxy) is 4. The topological polar surface area (TPSA) is 91.3 Å². The van der Waals surface area contributed by atoms with E-state index in [2.05, 4.69) is 13.2 Å². The van der Waals surface area contributed by atoms with Gasteiger partial charge in [-0.1, -0.05) is 45.3 Å². The molecule has 0 bridgehead atoms. The van der Waals surface area contributed by atoms with Crippen LogP contribution < -0.4 is 9.47 Å². The Morgan fingerprint density at radius 3 is 1.92 bits per heavy atom. The molecule has 37 heavy (non-hydrogen) atoms. The summed E-state index contributed by atoms with van der Waals surface area (Å²) in [6.07, 6.45) is 14.2. The molecule has 0 radical (unpaired) electrons. The Labute approximate surface area is 220 Å². The lowest BCUT2D eigenvalue weighted by Crippen LogP contribution is -2.23. The molecule has 0 atom stereocenters.